The average Bonchev–Trinajstić information content (AvgIpc) is 2.94. The Bertz CT molecular complexity index is 1430. The van der Waals surface area contributed by atoms with Gasteiger partial charge in [0.1, 0.15) is 23.7 Å². The van der Waals surface area contributed by atoms with Crippen LogP contribution in [0.5, 0.6) is 11.5 Å². The van der Waals surface area contributed by atoms with Crippen molar-refractivity contribution in [1.82, 2.24) is 10.6 Å². The number of alkyl carbamates (subject to hydrolysis) is 1. The maximum atomic E-state index is 13.4. The van der Waals surface area contributed by atoms with Crippen LogP contribution < -0.4 is 26.0 Å². The number of carbonyl (C=O) groups is 4. The van der Waals surface area contributed by atoms with E-state index in [9.17, 15) is 19.2 Å². The fraction of sp³-hybridized carbons (Fsp3) is 0.138. The number of nitrogens with one attached hydrogen (secondary N) is 2. The summed E-state index contributed by atoms with van der Waals surface area (Å²) < 4.78 is 11.0. The zero-order valence-corrected chi connectivity index (χ0v) is 22.1. The van der Waals surface area contributed by atoms with Crippen molar-refractivity contribution in [2.45, 2.75) is 25.5 Å². The summed E-state index contributed by atoms with van der Waals surface area (Å²) in [5.74, 6) is -0.861. The first-order valence-corrected chi connectivity index (χ1v) is 12.7. The van der Waals surface area contributed by atoms with Crippen molar-refractivity contribution in [3.8, 4) is 11.5 Å². The van der Waals surface area contributed by atoms with Crippen LogP contribution in [-0.4, -0.2) is 35.0 Å². The third-order valence-corrected chi connectivity index (χ3v) is 6.05. The van der Waals surface area contributed by atoms with Crippen molar-refractivity contribution < 1.29 is 28.7 Å². The zero-order valence-electron chi connectivity index (χ0n) is 21.2. The Balaban J connectivity index is 1.50. The van der Waals surface area contributed by atoms with Crippen LogP contribution in [0.4, 0.5) is 10.5 Å². The lowest BCUT2D eigenvalue weighted by Gasteiger charge is -2.29. The molecule has 1 saturated heterocycles. The molecule has 40 heavy (non-hydrogen) atoms. The van der Waals surface area contributed by atoms with E-state index < -0.39 is 29.9 Å². The smallest absolute Gasteiger partial charge is 0.407 e. The van der Waals surface area contributed by atoms with Crippen molar-refractivity contribution in [3.05, 3.63) is 102 Å². The van der Waals surface area contributed by atoms with Gasteiger partial charge >= 0.3 is 6.09 Å². The molecular weight excluding hydrogens is 532 g/mol. The van der Waals surface area contributed by atoms with E-state index in [4.69, 9.17) is 27.4 Å². The van der Waals surface area contributed by atoms with Crippen LogP contribution in [0.15, 0.2) is 96.6 Å². The molecule has 204 valence electrons. The molecule has 0 aromatic heterocycles. The maximum Gasteiger partial charge on any atom is 0.407 e. The second-order valence-corrected chi connectivity index (χ2v) is 9.09. The Hall–Kier alpha value is -5.03. The van der Waals surface area contributed by atoms with Crippen LogP contribution in [0.3, 0.4) is 0 Å². The Morgan fingerprint density at radius 1 is 0.950 bits per heavy atom. The second kappa shape index (κ2) is 13.2. The summed E-state index contributed by atoms with van der Waals surface area (Å²) in [7, 11) is 0. The molecule has 0 radical (unpaired) electrons. The number of benzene rings is 3. The number of thiocarbonyl (C=S) groups is 1. The van der Waals surface area contributed by atoms with Gasteiger partial charge < -0.3 is 20.5 Å². The van der Waals surface area contributed by atoms with E-state index in [-0.39, 0.29) is 30.1 Å². The van der Waals surface area contributed by atoms with Gasteiger partial charge in [-0.1, -0.05) is 48.5 Å². The Labute approximate surface area is 235 Å². The number of ether oxygens (including phenoxy) is 2. The standard InChI is InChI=1S/C29H26N4O6S/c30-25(34)16-11-20(31-29(37)38-18-19-7-3-1-4-8-19)17-24-26(35)32-28(40)33(27(24)36)21-12-14-23(15-13-21)39-22-9-5-2-6-10-22/h1-10,12-15,17,20H,11,16,18H2,(H2,30,34)(H,31,37)(H,32,35,40)/b24-17+/t20-/m0/s1. The highest BCUT2D eigenvalue weighted by Gasteiger charge is 2.35. The summed E-state index contributed by atoms with van der Waals surface area (Å²) >= 11 is 5.27. The molecule has 1 atom stereocenters. The van der Waals surface area contributed by atoms with Gasteiger partial charge in [0, 0.05) is 6.42 Å². The summed E-state index contributed by atoms with van der Waals surface area (Å²) in [4.78, 5) is 51.2. The number of hydrogen-bond acceptors (Lipinski definition) is 7. The van der Waals surface area contributed by atoms with E-state index >= 15 is 0 Å². The lowest BCUT2D eigenvalue weighted by atomic mass is 10.0. The van der Waals surface area contributed by atoms with E-state index in [1.54, 1.807) is 36.4 Å². The molecule has 0 unspecified atom stereocenters. The molecule has 4 N–H and O–H groups in total. The maximum absolute atomic E-state index is 13.4. The number of hydrogen-bond donors (Lipinski definition) is 3. The van der Waals surface area contributed by atoms with Gasteiger partial charge in [-0.15, -0.1) is 0 Å². The van der Waals surface area contributed by atoms with E-state index in [1.165, 1.54) is 6.08 Å². The van der Waals surface area contributed by atoms with E-state index in [0.29, 0.717) is 17.2 Å². The highest BCUT2D eigenvalue weighted by atomic mass is 32.1. The molecule has 0 saturated carbocycles. The van der Waals surface area contributed by atoms with Crippen LogP contribution in [0, 0.1) is 0 Å². The Kier molecular flexibility index (Phi) is 9.21. The SMILES string of the molecule is NC(=O)CC[C@@H](/C=C1\C(=O)NC(=S)N(c2ccc(Oc3ccccc3)cc2)C1=O)NC(=O)OCc1ccccc1. The van der Waals surface area contributed by atoms with Gasteiger partial charge in [-0.3, -0.25) is 24.6 Å². The third kappa shape index (κ3) is 7.51. The van der Waals surface area contributed by atoms with Crippen LogP contribution >= 0.6 is 12.2 Å². The normalized spacial score (nSPS) is 14.8. The third-order valence-electron chi connectivity index (χ3n) is 5.76. The molecule has 1 heterocycles. The fourth-order valence-corrected chi connectivity index (χ4v) is 4.09. The van der Waals surface area contributed by atoms with E-state index in [2.05, 4.69) is 10.6 Å². The molecule has 3 aromatic rings. The molecule has 4 rings (SSSR count). The van der Waals surface area contributed by atoms with Gasteiger partial charge in [-0.25, -0.2) is 4.79 Å². The molecule has 1 aliphatic heterocycles. The monoisotopic (exact) mass is 558 g/mol. The minimum atomic E-state index is -0.907. The summed E-state index contributed by atoms with van der Waals surface area (Å²) in [5, 5.41) is 4.97. The number of rotatable bonds is 10. The topological polar surface area (TPSA) is 140 Å². The quantitative estimate of drug-likeness (QED) is 0.196. The molecular formula is C29H26N4O6S. The molecule has 4 amide bonds. The van der Waals surface area contributed by atoms with Gasteiger partial charge in [-0.2, -0.15) is 0 Å². The largest absolute Gasteiger partial charge is 0.457 e. The number of anilines is 1. The predicted octanol–water partition coefficient (Wildman–Crippen LogP) is 3.71. The van der Waals surface area contributed by atoms with Crippen LogP contribution in [0.1, 0.15) is 18.4 Å². The van der Waals surface area contributed by atoms with E-state index in [1.807, 2.05) is 48.5 Å². The second-order valence-electron chi connectivity index (χ2n) is 8.71. The first-order valence-electron chi connectivity index (χ1n) is 12.3. The fourth-order valence-electron chi connectivity index (χ4n) is 3.81. The van der Waals surface area contributed by atoms with Crippen molar-refractivity contribution in [3.63, 3.8) is 0 Å². The van der Waals surface area contributed by atoms with E-state index in [0.717, 1.165) is 10.5 Å². The highest BCUT2D eigenvalue weighted by molar-refractivity contribution is 7.80. The lowest BCUT2D eigenvalue weighted by Crippen LogP contribution is -2.54. The van der Waals surface area contributed by atoms with Crippen molar-refractivity contribution >= 4 is 46.8 Å². The van der Waals surface area contributed by atoms with Gasteiger partial charge in [0.05, 0.1) is 11.7 Å². The highest BCUT2D eigenvalue weighted by Crippen LogP contribution is 2.26. The van der Waals surface area contributed by atoms with Gasteiger partial charge in [-0.05, 0) is 66.7 Å². The zero-order chi connectivity index (χ0) is 28.5. The molecule has 10 nitrogen and oxygen atoms in total. The van der Waals surface area contributed by atoms with Crippen LogP contribution in [0.25, 0.3) is 0 Å². The summed E-state index contributed by atoms with van der Waals surface area (Å²) in [5.41, 5.74) is 6.19. The molecule has 0 spiro atoms. The number of carbonyl (C=O) groups excluding carboxylic acids is 4. The molecule has 1 fully saturated rings. The number of amides is 4. The van der Waals surface area contributed by atoms with Gasteiger partial charge in [0.15, 0.2) is 5.11 Å². The number of para-hydroxylation sites is 1. The van der Waals surface area contributed by atoms with Gasteiger partial charge in [0.2, 0.25) is 5.91 Å². The lowest BCUT2D eigenvalue weighted by molar-refractivity contribution is -0.122. The number of nitrogens with zero attached hydrogens (tertiary/aromatic N) is 1. The Morgan fingerprint density at radius 2 is 1.57 bits per heavy atom. The predicted molar refractivity (Wildman–Crippen MR) is 151 cm³/mol. The first kappa shape index (κ1) is 28.0. The number of primary amides is 1. The molecule has 3 aromatic carbocycles. The average molecular weight is 559 g/mol. The summed E-state index contributed by atoms with van der Waals surface area (Å²) in [6, 6.07) is 23.9. The molecule has 0 bridgehead atoms. The molecule has 0 aliphatic carbocycles. The van der Waals surface area contributed by atoms with Gasteiger partial charge in [0.25, 0.3) is 11.8 Å². The molecule has 1 aliphatic rings. The summed E-state index contributed by atoms with van der Waals surface area (Å²) in [6.45, 7) is 0.0111. The minimum absolute atomic E-state index is 0.0111. The van der Waals surface area contributed by atoms with Crippen LogP contribution in [-0.2, 0) is 25.7 Å². The first-order chi connectivity index (χ1) is 19.3. The van der Waals surface area contributed by atoms with Crippen molar-refractivity contribution in [2.75, 3.05) is 4.90 Å². The summed E-state index contributed by atoms with van der Waals surface area (Å²) in [6.07, 6.45) is 0.413. The number of nitrogens with two attached hydrogens (primary N) is 1. The van der Waals surface area contributed by atoms with Crippen molar-refractivity contribution in [2.24, 2.45) is 5.73 Å². The van der Waals surface area contributed by atoms with Crippen molar-refractivity contribution in [1.29, 1.82) is 0 Å². The minimum Gasteiger partial charge on any atom is -0.457 e. The molecule has 11 heteroatoms. The van der Waals surface area contributed by atoms with Crippen LogP contribution in [0.2, 0.25) is 0 Å². The Morgan fingerprint density at radius 3 is 2.23 bits per heavy atom.